The van der Waals surface area contributed by atoms with Crippen LogP contribution >= 0.6 is 0 Å². The largest absolute Gasteiger partial charge is 0.311 e. The molecule has 10 rings (SSSR count). The number of fused-ring (bicyclic) bond motifs is 10. The molecule has 3 aliphatic rings. The molecule has 1 spiro atoms. The monoisotopic (exact) mass is 710 g/mol. The molecular weight excluding hydrogens is 663 g/mol. The van der Waals surface area contributed by atoms with E-state index in [1.165, 1.54) is 89.5 Å². The molecule has 7 aromatic carbocycles. The lowest BCUT2D eigenvalue weighted by Crippen LogP contribution is -2.61. The van der Waals surface area contributed by atoms with Crippen LogP contribution in [0.5, 0.6) is 0 Å². The van der Waals surface area contributed by atoms with Crippen molar-refractivity contribution in [3.8, 4) is 0 Å². The van der Waals surface area contributed by atoms with Gasteiger partial charge in [0, 0.05) is 17.1 Å². The van der Waals surface area contributed by atoms with Crippen LogP contribution in [0.15, 0.2) is 158 Å². The van der Waals surface area contributed by atoms with E-state index in [9.17, 15) is 0 Å². The molecular formula is C52H47BN2. The highest BCUT2D eigenvalue weighted by Gasteiger charge is 2.54. The van der Waals surface area contributed by atoms with E-state index in [2.05, 4.69) is 209 Å². The second-order valence-electron chi connectivity index (χ2n) is 16.6. The number of hydrogen-bond acceptors (Lipinski definition) is 2. The van der Waals surface area contributed by atoms with Crippen LogP contribution in [0.2, 0.25) is 0 Å². The summed E-state index contributed by atoms with van der Waals surface area (Å²) in [5.74, 6) is 1.22. The minimum Gasteiger partial charge on any atom is -0.311 e. The fraction of sp³-hybridized carbons (Fsp3) is 0.192. The third-order valence-corrected chi connectivity index (χ3v) is 12.6. The van der Waals surface area contributed by atoms with Crippen molar-refractivity contribution in [3.05, 3.63) is 197 Å². The van der Waals surface area contributed by atoms with Crippen molar-refractivity contribution >= 4 is 57.2 Å². The van der Waals surface area contributed by atoms with E-state index in [-0.39, 0.29) is 6.71 Å². The topological polar surface area (TPSA) is 6.48 Å². The number of benzene rings is 7. The quantitative estimate of drug-likeness (QED) is 0.164. The molecule has 0 unspecified atom stereocenters. The predicted molar refractivity (Wildman–Crippen MR) is 235 cm³/mol. The Morgan fingerprint density at radius 2 is 0.873 bits per heavy atom. The molecule has 0 saturated heterocycles. The Balaban J connectivity index is 1.35. The van der Waals surface area contributed by atoms with Crippen LogP contribution in [-0.4, -0.2) is 6.71 Å². The normalized spacial score (nSPS) is 14.5. The average Bonchev–Trinajstić information content (AvgIpc) is 3.21. The summed E-state index contributed by atoms with van der Waals surface area (Å²) >= 11 is 0. The van der Waals surface area contributed by atoms with Gasteiger partial charge in [0.05, 0.1) is 22.5 Å². The standard InChI is InChI=1S/C52H47BN2/c1-33(2)36-31-38(34(3)4)50(39(32-36)35(5)6)53-44-25-13-17-30-49(44)55-48-29-16-12-23-42(48)52(43-24-18-26-45(53)51(43)55)40-21-10-14-27-46(40)54(37-19-8-7-9-20-37)47-28-15-11-22-41(47)52/h7-35H,1-6H3. The van der Waals surface area contributed by atoms with Gasteiger partial charge in [-0.05, 0) is 104 Å². The lowest BCUT2D eigenvalue weighted by atomic mass is 9.32. The first-order valence-electron chi connectivity index (χ1n) is 20.2. The van der Waals surface area contributed by atoms with Crippen molar-refractivity contribution in [2.45, 2.75) is 64.7 Å². The van der Waals surface area contributed by atoms with Crippen LogP contribution in [0.4, 0.5) is 34.1 Å². The summed E-state index contributed by atoms with van der Waals surface area (Å²) in [6.45, 7) is 14.3. The van der Waals surface area contributed by atoms with Gasteiger partial charge in [-0.3, -0.25) is 0 Å². The van der Waals surface area contributed by atoms with Crippen LogP contribution in [0.1, 0.15) is 98.2 Å². The summed E-state index contributed by atoms with van der Waals surface area (Å²) in [5, 5.41) is 0. The Kier molecular flexibility index (Phi) is 7.75. The van der Waals surface area contributed by atoms with E-state index < -0.39 is 5.41 Å². The summed E-state index contributed by atoms with van der Waals surface area (Å²) in [7, 11) is 0. The van der Waals surface area contributed by atoms with Crippen LogP contribution in [-0.2, 0) is 5.41 Å². The van der Waals surface area contributed by atoms with Crippen LogP contribution in [0.25, 0.3) is 0 Å². The molecule has 0 aliphatic carbocycles. The van der Waals surface area contributed by atoms with E-state index in [0.717, 1.165) is 0 Å². The zero-order valence-corrected chi connectivity index (χ0v) is 32.7. The Bertz CT molecular complexity index is 2520. The van der Waals surface area contributed by atoms with Crippen molar-refractivity contribution in [2.24, 2.45) is 0 Å². The van der Waals surface area contributed by atoms with Crippen molar-refractivity contribution < 1.29 is 0 Å². The van der Waals surface area contributed by atoms with Gasteiger partial charge in [-0.25, -0.2) is 0 Å². The first-order chi connectivity index (χ1) is 26.8. The third kappa shape index (κ3) is 4.69. The summed E-state index contributed by atoms with van der Waals surface area (Å²) in [6.07, 6.45) is 0. The minimum atomic E-state index is -0.559. The molecule has 0 fully saturated rings. The van der Waals surface area contributed by atoms with Crippen molar-refractivity contribution in [1.29, 1.82) is 0 Å². The van der Waals surface area contributed by atoms with Gasteiger partial charge in [0.15, 0.2) is 0 Å². The summed E-state index contributed by atoms with van der Waals surface area (Å²) < 4.78 is 0. The van der Waals surface area contributed by atoms with Gasteiger partial charge in [-0.2, -0.15) is 0 Å². The first kappa shape index (κ1) is 33.7. The van der Waals surface area contributed by atoms with Crippen molar-refractivity contribution in [3.63, 3.8) is 0 Å². The van der Waals surface area contributed by atoms with Crippen LogP contribution in [0.3, 0.4) is 0 Å². The SMILES string of the molecule is CC(C)c1cc(C(C)C)c(B2c3ccccc3N3c4ccccc4C4(c5ccccc5N(c5ccccc5)c5ccccc54)c4cccc2c43)c(C(C)C)c1. The maximum atomic E-state index is 2.61. The number of hydrogen-bond donors (Lipinski definition) is 0. The van der Waals surface area contributed by atoms with Crippen LogP contribution in [0, 0.1) is 0 Å². The Morgan fingerprint density at radius 3 is 1.42 bits per heavy atom. The summed E-state index contributed by atoms with van der Waals surface area (Å²) in [4.78, 5) is 5.08. The van der Waals surface area contributed by atoms with E-state index in [1.807, 2.05) is 0 Å². The fourth-order valence-corrected chi connectivity index (χ4v) is 10.3. The lowest BCUT2D eigenvalue weighted by molar-refractivity contribution is 0.719. The Morgan fingerprint density at radius 1 is 0.418 bits per heavy atom. The highest BCUT2D eigenvalue weighted by atomic mass is 15.2. The van der Waals surface area contributed by atoms with Gasteiger partial charge >= 0.3 is 0 Å². The minimum absolute atomic E-state index is 0.0793. The Hall–Kier alpha value is -5.80. The van der Waals surface area contributed by atoms with Crippen LogP contribution < -0.4 is 26.2 Å². The number of para-hydroxylation sites is 6. The highest BCUT2D eigenvalue weighted by molar-refractivity contribution is 6.98. The maximum absolute atomic E-state index is 2.61. The number of anilines is 6. The molecule has 3 heteroatoms. The molecule has 3 heterocycles. The molecule has 0 amide bonds. The molecule has 0 bridgehead atoms. The molecule has 0 radical (unpaired) electrons. The second-order valence-corrected chi connectivity index (χ2v) is 16.6. The van der Waals surface area contributed by atoms with Gasteiger partial charge in [-0.1, -0.05) is 168 Å². The van der Waals surface area contributed by atoms with Gasteiger partial charge in [-0.15, -0.1) is 0 Å². The maximum Gasteiger partial charge on any atom is 0.247 e. The molecule has 0 N–H and O–H groups in total. The predicted octanol–water partition coefficient (Wildman–Crippen LogP) is 11.8. The number of nitrogens with zero attached hydrogens (tertiary/aromatic N) is 2. The van der Waals surface area contributed by atoms with Gasteiger partial charge in [0.25, 0.3) is 0 Å². The molecule has 0 atom stereocenters. The zero-order chi connectivity index (χ0) is 37.6. The van der Waals surface area contributed by atoms with Gasteiger partial charge < -0.3 is 9.80 Å². The summed E-state index contributed by atoms with van der Waals surface area (Å²) in [5.41, 5.74) is 20.8. The smallest absolute Gasteiger partial charge is 0.247 e. The van der Waals surface area contributed by atoms with Crippen molar-refractivity contribution in [1.82, 2.24) is 0 Å². The Labute approximate surface area is 327 Å². The fourth-order valence-electron chi connectivity index (χ4n) is 10.3. The van der Waals surface area contributed by atoms with Crippen molar-refractivity contribution in [2.75, 3.05) is 9.80 Å². The molecule has 7 aromatic rings. The van der Waals surface area contributed by atoms with Gasteiger partial charge in [0.2, 0.25) is 6.71 Å². The number of rotatable bonds is 5. The van der Waals surface area contributed by atoms with E-state index in [0.29, 0.717) is 17.8 Å². The van der Waals surface area contributed by atoms with E-state index in [1.54, 1.807) is 0 Å². The summed E-state index contributed by atoms with van der Waals surface area (Å²) in [6, 6.07) is 59.9. The molecule has 55 heavy (non-hydrogen) atoms. The molecule has 0 saturated carbocycles. The van der Waals surface area contributed by atoms with Gasteiger partial charge in [0.1, 0.15) is 0 Å². The lowest BCUT2D eigenvalue weighted by Gasteiger charge is -2.53. The average molecular weight is 711 g/mol. The molecule has 2 nitrogen and oxygen atoms in total. The second kappa shape index (κ2) is 12.6. The molecule has 268 valence electrons. The highest BCUT2D eigenvalue weighted by Crippen LogP contribution is 2.63. The van der Waals surface area contributed by atoms with E-state index in [4.69, 9.17) is 0 Å². The van der Waals surface area contributed by atoms with E-state index >= 15 is 0 Å². The first-order valence-corrected chi connectivity index (χ1v) is 20.2. The third-order valence-electron chi connectivity index (χ3n) is 12.6. The molecule has 3 aliphatic heterocycles. The molecule has 0 aromatic heterocycles. The zero-order valence-electron chi connectivity index (χ0n) is 32.7.